The third-order valence-corrected chi connectivity index (χ3v) is 2.56. The van der Waals surface area contributed by atoms with Crippen molar-refractivity contribution in [3.8, 4) is 0 Å². The maximum atomic E-state index is 13.0. The molecule has 0 spiro atoms. The Kier molecular flexibility index (Phi) is 3.10. The Balaban J connectivity index is 2.28. The molecule has 17 heavy (non-hydrogen) atoms. The number of halogens is 2. The SMILES string of the molecule is Nc1cc(Nc2ccc(F)c(Br)c2)nc(N)n1. The molecule has 0 radical (unpaired) electrons. The monoisotopic (exact) mass is 297 g/mol. The molecule has 0 aliphatic carbocycles. The minimum atomic E-state index is -0.336. The Hall–Kier alpha value is -1.89. The summed E-state index contributed by atoms with van der Waals surface area (Å²) in [7, 11) is 0. The second-order valence-corrected chi connectivity index (χ2v) is 4.14. The molecule has 2 aromatic rings. The van der Waals surface area contributed by atoms with Crippen molar-refractivity contribution in [3.05, 3.63) is 34.6 Å². The lowest BCUT2D eigenvalue weighted by Gasteiger charge is -2.07. The van der Waals surface area contributed by atoms with Crippen LogP contribution < -0.4 is 16.8 Å². The van der Waals surface area contributed by atoms with Gasteiger partial charge in [-0.3, -0.25) is 0 Å². The molecular formula is C10H9BrFN5. The number of nitrogens with zero attached hydrogens (tertiary/aromatic N) is 2. The number of nitrogen functional groups attached to an aromatic ring is 2. The fraction of sp³-hybridized carbons (Fsp3) is 0. The lowest BCUT2D eigenvalue weighted by atomic mass is 10.3. The normalized spacial score (nSPS) is 10.2. The lowest BCUT2D eigenvalue weighted by Crippen LogP contribution is -2.03. The van der Waals surface area contributed by atoms with Gasteiger partial charge < -0.3 is 16.8 Å². The highest BCUT2D eigenvalue weighted by Crippen LogP contribution is 2.23. The molecule has 7 heteroatoms. The zero-order chi connectivity index (χ0) is 12.4. The van der Waals surface area contributed by atoms with Gasteiger partial charge in [0.05, 0.1) is 4.47 Å². The molecule has 1 aromatic heterocycles. The first-order chi connectivity index (χ1) is 8.04. The number of hydrogen-bond donors (Lipinski definition) is 3. The molecular weight excluding hydrogens is 289 g/mol. The zero-order valence-electron chi connectivity index (χ0n) is 8.61. The van der Waals surface area contributed by atoms with Crippen molar-refractivity contribution in [1.29, 1.82) is 0 Å². The van der Waals surface area contributed by atoms with E-state index in [9.17, 15) is 4.39 Å². The second kappa shape index (κ2) is 4.54. The molecule has 0 amide bonds. The summed E-state index contributed by atoms with van der Waals surface area (Å²) in [5, 5.41) is 2.95. The number of nitrogens with two attached hydrogens (primary N) is 2. The van der Waals surface area contributed by atoms with Crippen LogP contribution in [0.1, 0.15) is 0 Å². The van der Waals surface area contributed by atoms with Crippen LogP contribution >= 0.6 is 15.9 Å². The van der Waals surface area contributed by atoms with E-state index in [2.05, 4.69) is 31.2 Å². The second-order valence-electron chi connectivity index (χ2n) is 3.29. The van der Waals surface area contributed by atoms with Gasteiger partial charge in [-0.05, 0) is 34.1 Å². The van der Waals surface area contributed by atoms with E-state index in [0.29, 0.717) is 16.0 Å². The summed E-state index contributed by atoms with van der Waals surface area (Å²) in [5.41, 5.74) is 11.6. The fourth-order valence-electron chi connectivity index (χ4n) is 1.27. The molecule has 5 nitrogen and oxygen atoms in total. The van der Waals surface area contributed by atoms with Crippen LogP contribution in [0.25, 0.3) is 0 Å². The first kappa shape index (κ1) is 11.6. The molecule has 0 saturated carbocycles. The van der Waals surface area contributed by atoms with Crippen molar-refractivity contribution in [2.45, 2.75) is 0 Å². The predicted octanol–water partition coefficient (Wildman–Crippen LogP) is 2.29. The summed E-state index contributed by atoms with van der Waals surface area (Å²) in [6.45, 7) is 0. The van der Waals surface area contributed by atoms with Crippen molar-refractivity contribution in [2.75, 3.05) is 16.8 Å². The van der Waals surface area contributed by atoms with Gasteiger partial charge in [-0.2, -0.15) is 9.97 Å². The number of benzene rings is 1. The van der Waals surface area contributed by atoms with E-state index in [1.165, 1.54) is 12.1 Å². The van der Waals surface area contributed by atoms with Crippen LogP contribution in [0.3, 0.4) is 0 Å². The molecule has 0 bridgehead atoms. The highest BCUT2D eigenvalue weighted by molar-refractivity contribution is 9.10. The number of anilines is 4. The van der Waals surface area contributed by atoms with Crippen molar-refractivity contribution in [1.82, 2.24) is 9.97 Å². The number of aromatic nitrogens is 2. The first-order valence-electron chi connectivity index (χ1n) is 4.67. The number of nitrogens with one attached hydrogen (secondary N) is 1. The Labute approximate surface area is 105 Å². The molecule has 0 saturated heterocycles. The average Bonchev–Trinajstić information content (AvgIpc) is 2.22. The summed E-state index contributed by atoms with van der Waals surface area (Å²) in [6, 6.07) is 6.03. The van der Waals surface area contributed by atoms with E-state index in [4.69, 9.17) is 11.5 Å². The summed E-state index contributed by atoms with van der Waals surface area (Å²) in [4.78, 5) is 7.69. The highest BCUT2D eigenvalue weighted by atomic mass is 79.9. The van der Waals surface area contributed by atoms with Crippen LogP contribution in [-0.4, -0.2) is 9.97 Å². The average molecular weight is 298 g/mol. The molecule has 5 N–H and O–H groups in total. The van der Waals surface area contributed by atoms with Gasteiger partial charge in [0.2, 0.25) is 5.95 Å². The molecule has 0 atom stereocenters. The highest BCUT2D eigenvalue weighted by Gasteiger charge is 2.03. The molecule has 0 fully saturated rings. The van der Waals surface area contributed by atoms with Crippen molar-refractivity contribution < 1.29 is 4.39 Å². The molecule has 0 aliphatic rings. The van der Waals surface area contributed by atoms with Gasteiger partial charge >= 0.3 is 0 Å². The largest absolute Gasteiger partial charge is 0.383 e. The van der Waals surface area contributed by atoms with Gasteiger partial charge in [0.15, 0.2) is 0 Å². The van der Waals surface area contributed by atoms with Gasteiger partial charge in [0.25, 0.3) is 0 Å². The Bertz CT molecular complexity index is 540. The minimum Gasteiger partial charge on any atom is -0.383 e. The van der Waals surface area contributed by atoms with Gasteiger partial charge in [-0.1, -0.05) is 0 Å². The third kappa shape index (κ3) is 2.82. The van der Waals surface area contributed by atoms with Crippen molar-refractivity contribution in [2.24, 2.45) is 0 Å². The summed E-state index contributed by atoms with van der Waals surface area (Å²) < 4.78 is 13.4. The topological polar surface area (TPSA) is 89.8 Å². The zero-order valence-corrected chi connectivity index (χ0v) is 10.2. The van der Waals surface area contributed by atoms with Crippen molar-refractivity contribution in [3.63, 3.8) is 0 Å². The number of hydrogen-bond acceptors (Lipinski definition) is 5. The summed E-state index contributed by atoms with van der Waals surface area (Å²) >= 11 is 3.09. The van der Waals surface area contributed by atoms with E-state index in [-0.39, 0.29) is 17.6 Å². The van der Waals surface area contributed by atoms with Crippen LogP contribution in [0.15, 0.2) is 28.7 Å². The molecule has 1 aromatic carbocycles. The predicted molar refractivity (Wildman–Crippen MR) is 68.2 cm³/mol. The molecule has 1 heterocycles. The van der Waals surface area contributed by atoms with Crippen LogP contribution in [-0.2, 0) is 0 Å². The van der Waals surface area contributed by atoms with Crippen LogP contribution in [0, 0.1) is 5.82 Å². The van der Waals surface area contributed by atoms with Gasteiger partial charge in [0, 0.05) is 11.8 Å². The van der Waals surface area contributed by atoms with Crippen molar-refractivity contribution >= 4 is 39.2 Å². The third-order valence-electron chi connectivity index (χ3n) is 1.96. The fourth-order valence-corrected chi connectivity index (χ4v) is 1.65. The van der Waals surface area contributed by atoms with Crippen LogP contribution in [0.2, 0.25) is 0 Å². The maximum absolute atomic E-state index is 13.0. The van der Waals surface area contributed by atoms with E-state index in [1.807, 2.05) is 0 Å². The van der Waals surface area contributed by atoms with Crippen LogP contribution in [0.5, 0.6) is 0 Å². The summed E-state index contributed by atoms with van der Waals surface area (Å²) in [5.74, 6) is 0.459. The van der Waals surface area contributed by atoms with E-state index >= 15 is 0 Å². The molecule has 0 aliphatic heterocycles. The van der Waals surface area contributed by atoms with E-state index in [1.54, 1.807) is 12.1 Å². The Morgan fingerprint density at radius 1 is 1.18 bits per heavy atom. The van der Waals surface area contributed by atoms with E-state index < -0.39 is 0 Å². The number of rotatable bonds is 2. The molecule has 88 valence electrons. The van der Waals surface area contributed by atoms with Crippen LogP contribution in [0.4, 0.5) is 27.7 Å². The van der Waals surface area contributed by atoms with Gasteiger partial charge in [-0.15, -0.1) is 0 Å². The smallest absolute Gasteiger partial charge is 0.223 e. The maximum Gasteiger partial charge on any atom is 0.223 e. The molecule has 2 rings (SSSR count). The quantitative estimate of drug-likeness (QED) is 0.791. The molecule has 0 unspecified atom stereocenters. The lowest BCUT2D eigenvalue weighted by molar-refractivity contribution is 0.621. The Morgan fingerprint density at radius 2 is 1.94 bits per heavy atom. The minimum absolute atomic E-state index is 0.0775. The first-order valence-corrected chi connectivity index (χ1v) is 5.46. The summed E-state index contributed by atoms with van der Waals surface area (Å²) in [6.07, 6.45) is 0. The van der Waals surface area contributed by atoms with E-state index in [0.717, 1.165) is 0 Å². The standard InChI is InChI=1S/C10H9BrFN5/c11-6-3-5(1-2-7(6)12)15-9-4-8(13)16-10(14)17-9/h1-4H,(H5,13,14,15,16,17). The Morgan fingerprint density at radius 3 is 2.59 bits per heavy atom. The van der Waals surface area contributed by atoms with Gasteiger partial charge in [0.1, 0.15) is 17.5 Å². The van der Waals surface area contributed by atoms with Gasteiger partial charge in [-0.25, -0.2) is 4.39 Å².